The second-order valence-corrected chi connectivity index (χ2v) is 2.87. The highest BCUT2D eigenvalue weighted by Gasteiger charge is 2.08. The first kappa shape index (κ1) is 12.6. The molecule has 0 spiro atoms. The van der Waals surface area contributed by atoms with Crippen LogP contribution in [0.5, 0.6) is 0 Å². The lowest BCUT2D eigenvalue weighted by molar-refractivity contribution is -0.151. The van der Waals surface area contributed by atoms with Crippen LogP contribution >= 0.6 is 0 Å². The summed E-state index contributed by atoms with van der Waals surface area (Å²) in [6.07, 6.45) is 5.62. The highest BCUT2D eigenvalue weighted by Crippen LogP contribution is 1.88. The number of carbonyl (C=O) groups is 2. The van der Waals surface area contributed by atoms with Crippen molar-refractivity contribution < 1.29 is 24.0 Å². The fraction of sp³-hybridized carbons (Fsp3) is 0.0909. The molecular weight excluding hydrogens is 226 g/mol. The van der Waals surface area contributed by atoms with Crippen molar-refractivity contribution in [1.29, 1.82) is 0 Å². The van der Waals surface area contributed by atoms with E-state index in [2.05, 4.69) is 9.25 Å². The molecule has 0 saturated heterocycles. The molecule has 0 fully saturated rings. The number of aliphatic carboxylic acids is 1. The first-order chi connectivity index (χ1) is 8.18. The van der Waals surface area contributed by atoms with Crippen LogP contribution in [0, 0.1) is 0 Å². The van der Waals surface area contributed by atoms with Crippen molar-refractivity contribution in [3.8, 4) is 0 Å². The molecule has 0 aliphatic rings. The zero-order valence-corrected chi connectivity index (χ0v) is 8.85. The predicted octanol–water partition coefficient (Wildman–Crippen LogP) is 1.20. The van der Waals surface area contributed by atoms with Crippen LogP contribution in [0.3, 0.4) is 0 Å². The Hall–Kier alpha value is -2.50. The van der Waals surface area contributed by atoms with E-state index >= 15 is 0 Å². The Balaban J connectivity index is 0.000000239. The molecule has 6 nitrogen and oxygen atoms in total. The third-order valence-corrected chi connectivity index (χ3v) is 1.51. The van der Waals surface area contributed by atoms with Gasteiger partial charge >= 0.3 is 11.9 Å². The standard InChI is InChI=1S/C7H7NO4.C4H4O/c9-6(10)5-7(11)12-8-3-1-2-4-8;1-2-4-5-3-1/h1-4H,5H2,(H,9,10);1-4H. The number of aromatic nitrogens is 1. The zero-order valence-electron chi connectivity index (χ0n) is 8.85. The number of carboxylic acid groups (broad SMARTS) is 1. The summed E-state index contributed by atoms with van der Waals surface area (Å²) >= 11 is 0. The summed E-state index contributed by atoms with van der Waals surface area (Å²) in [5, 5.41) is 8.20. The molecule has 0 amide bonds. The van der Waals surface area contributed by atoms with E-state index in [0.717, 1.165) is 4.73 Å². The van der Waals surface area contributed by atoms with Gasteiger partial charge in [0, 0.05) is 12.4 Å². The van der Waals surface area contributed by atoms with E-state index < -0.39 is 18.4 Å². The van der Waals surface area contributed by atoms with Gasteiger partial charge in [0.25, 0.3) is 0 Å². The normalized spacial score (nSPS) is 8.94. The predicted molar refractivity (Wildman–Crippen MR) is 57.0 cm³/mol. The largest absolute Gasteiger partial charge is 0.481 e. The lowest BCUT2D eigenvalue weighted by atomic mass is 10.5. The summed E-state index contributed by atoms with van der Waals surface area (Å²) in [5.41, 5.74) is 0. The molecule has 0 unspecified atom stereocenters. The van der Waals surface area contributed by atoms with Crippen LogP contribution in [0.25, 0.3) is 0 Å². The third-order valence-electron chi connectivity index (χ3n) is 1.51. The lowest BCUT2D eigenvalue weighted by Crippen LogP contribution is -2.20. The van der Waals surface area contributed by atoms with Crippen molar-refractivity contribution in [2.24, 2.45) is 0 Å². The van der Waals surface area contributed by atoms with E-state index in [0.29, 0.717) is 0 Å². The van der Waals surface area contributed by atoms with Gasteiger partial charge in [0.05, 0.1) is 12.5 Å². The van der Waals surface area contributed by atoms with Gasteiger partial charge in [-0.3, -0.25) is 4.79 Å². The molecule has 90 valence electrons. The fourth-order valence-electron chi connectivity index (χ4n) is 0.880. The van der Waals surface area contributed by atoms with Gasteiger partial charge < -0.3 is 14.4 Å². The van der Waals surface area contributed by atoms with Crippen molar-refractivity contribution in [3.05, 3.63) is 49.2 Å². The molecule has 0 saturated carbocycles. The van der Waals surface area contributed by atoms with E-state index in [9.17, 15) is 9.59 Å². The number of hydrogen-bond donors (Lipinski definition) is 1. The van der Waals surface area contributed by atoms with Gasteiger partial charge in [-0.2, -0.15) is 4.73 Å². The molecule has 2 aromatic heterocycles. The first-order valence-corrected chi connectivity index (χ1v) is 4.71. The lowest BCUT2D eigenvalue weighted by Gasteiger charge is -2.00. The van der Waals surface area contributed by atoms with Crippen LogP contribution in [0.1, 0.15) is 6.42 Å². The summed E-state index contributed by atoms with van der Waals surface area (Å²) in [6, 6.07) is 6.99. The Kier molecular flexibility index (Phi) is 5.09. The second-order valence-electron chi connectivity index (χ2n) is 2.87. The van der Waals surface area contributed by atoms with Gasteiger partial charge in [-0.15, -0.1) is 0 Å². The van der Waals surface area contributed by atoms with Crippen molar-refractivity contribution in [1.82, 2.24) is 4.73 Å². The van der Waals surface area contributed by atoms with Gasteiger partial charge in [0.15, 0.2) is 0 Å². The van der Waals surface area contributed by atoms with Gasteiger partial charge in [-0.25, -0.2) is 4.79 Å². The van der Waals surface area contributed by atoms with E-state index in [4.69, 9.17) is 5.11 Å². The molecule has 0 aromatic carbocycles. The van der Waals surface area contributed by atoms with Crippen LogP contribution in [0.4, 0.5) is 0 Å². The molecule has 0 atom stereocenters. The third kappa shape index (κ3) is 5.83. The van der Waals surface area contributed by atoms with E-state index in [1.54, 1.807) is 24.7 Å². The van der Waals surface area contributed by atoms with E-state index in [1.165, 1.54) is 12.4 Å². The average molecular weight is 237 g/mol. The Morgan fingerprint density at radius 1 is 1.12 bits per heavy atom. The maximum absolute atomic E-state index is 10.7. The minimum Gasteiger partial charge on any atom is -0.481 e. The minimum atomic E-state index is -1.20. The van der Waals surface area contributed by atoms with Gasteiger partial charge in [0.2, 0.25) is 0 Å². The number of nitrogens with zero attached hydrogens (tertiary/aromatic N) is 1. The highest BCUT2D eigenvalue weighted by atomic mass is 16.7. The fourth-order valence-corrected chi connectivity index (χ4v) is 0.880. The van der Waals surface area contributed by atoms with Crippen molar-refractivity contribution in [3.63, 3.8) is 0 Å². The first-order valence-electron chi connectivity index (χ1n) is 4.71. The topological polar surface area (TPSA) is 81.7 Å². The SMILES string of the molecule is O=C(O)CC(=O)On1cccc1.c1ccoc1. The van der Waals surface area contributed by atoms with Crippen molar-refractivity contribution >= 4 is 11.9 Å². The van der Waals surface area contributed by atoms with Crippen LogP contribution in [0.15, 0.2) is 53.6 Å². The molecule has 6 heteroatoms. The second kappa shape index (κ2) is 6.89. The summed E-state index contributed by atoms with van der Waals surface area (Å²) in [4.78, 5) is 25.3. The molecule has 0 bridgehead atoms. The van der Waals surface area contributed by atoms with Gasteiger partial charge in [-0.1, -0.05) is 0 Å². The molecular formula is C11H11NO5. The number of hydrogen-bond acceptors (Lipinski definition) is 4. The Labute approximate surface area is 97.0 Å². The molecule has 0 aliphatic heterocycles. The number of carboxylic acids is 1. The Bertz CT molecular complexity index is 415. The van der Waals surface area contributed by atoms with Gasteiger partial charge in [0.1, 0.15) is 6.42 Å². The molecule has 17 heavy (non-hydrogen) atoms. The summed E-state index contributed by atoms with van der Waals surface area (Å²) in [7, 11) is 0. The molecule has 1 N–H and O–H groups in total. The molecule has 2 aromatic rings. The van der Waals surface area contributed by atoms with E-state index in [-0.39, 0.29) is 0 Å². The average Bonchev–Trinajstić information content (AvgIpc) is 2.90. The Morgan fingerprint density at radius 3 is 2.12 bits per heavy atom. The molecule has 0 aliphatic carbocycles. The quantitative estimate of drug-likeness (QED) is 0.811. The molecule has 2 heterocycles. The minimum absolute atomic E-state index is 0.627. The molecule has 2 rings (SSSR count). The summed E-state index contributed by atoms with van der Waals surface area (Å²) in [6.45, 7) is 0. The van der Waals surface area contributed by atoms with E-state index in [1.807, 2.05) is 12.1 Å². The smallest absolute Gasteiger partial charge is 0.343 e. The maximum Gasteiger partial charge on any atom is 0.343 e. The van der Waals surface area contributed by atoms with Crippen molar-refractivity contribution in [2.75, 3.05) is 0 Å². The van der Waals surface area contributed by atoms with Crippen LogP contribution in [-0.2, 0) is 9.59 Å². The van der Waals surface area contributed by atoms with Crippen LogP contribution < -0.4 is 4.84 Å². The summed E-state index contributed by atoms with van der Waals surface area (Å²) < 4.78 is 5.73. The van der Waals surface area contributed by atoms with Crippen LogP contribution in [-0.4, -0.2) is 21.8 Å². The van der Waals surface area contributed by atoms with Gasteiger partial charge in [-0.05, 0) is 24.3 Å². The Morgan fingerprint density at radius 2 is 1.71 bits per heavy atom. The van der Waals surface area contributed by atoms with Crippen LogP contribution in [0.2, 0.25) is 0 Å². The zero-order chi connectivity index (χ0) is 12.5. The van der Waals surface area contributed by atoms with Crippen molar-refractivity contribution in [2.45, 2.75) is 6.42 Å². The maximum atomic E-state index is 10.7. The number of rotatable bonds is 3. The number of carbonyl (C=O) groups excluding carboxylic acids is 1. The highest BCUT2D eigenvalue weighted by molar-refractivity contribution is 5.90. The summed E-state index contributed by atoms with van der Waals surface area (Å²) in [5.74, 6) is -1.99. The molecule has 0 radical (unpaired) electrons. The monoisotopic (exact) mass is 237 g/mol. The number of furan rings is 1.